The van der Waals surface area contributed by atoms with Crippen LogP contribution in [0.2, 0.25) is 0 Å². The Morgan fingerprint density at radius 2 is 1.92 bits per heavy atom. The number of alkyl halides is 3. The fourth-order valence-corrected chi connectivity index (χ4v) is 2.37. The van der Waals surface area contributed by atoms with Crippen molar-refractivity contribution in [1.82, 2.24) is 0 Å². The van der Waals surface area contributed by atoms with Crippen LogP contribution in [0.15, 0.2) is 59.2 Å². The molecule has 1 aliphatic rings. The molecule has 2 aromatic rings. The monoisotopic (exact) mass is 362 g/mol. The second-order valence-electron chi connectivity index (χ2n) is 5.77. The summed E-state index contributed by atoms with van der Waals surface area (Å²) in [6, 6.07) is 11.7. The first-order chi connectivity index (χ1) is 12.4. The minimum Gasteiger partial charge on any atom is -0.484 e. The lowest BCUT2D eigenvalue weighted by Gasteiger charge is -2.13. The van der Waals surface area contributed by atoms with Crippen LogP contribution >= 0.6 is 0 Å². The van der Waals surface area contributed by atoms with Gasteiger partial charge in [0.2, 0.25) is 0 Å². The molecule has 0 fully saturated rings. The second-order valence-corrected chi connectivity index (χ2v) is 5.77. The van der Waals surface area contributed by atoms with E-state index < -0.39 is 12.8 Å². The Bertz CT molecular complexity index is 845. The summed E-state index contributed by atoms with van der Waals surface area (Å²) in [7, 11) is 0. The highest BCUT2D eigenvalue weighted by molar-refractivity contribution is 5.76. The van der Waals surface area contributed by atoms with Crippen LogP contribution in [0.4, 0.5) is 18.9 Å². The molecule has 26 heavy (non-hydrogen) atoms. The third-order valence-electron chi connectivity index (χ3n) is 3.56. The van der Waals surface area contributed by atoms with E-state index in [0.29, 0.717) is 18.0 Å². The van der Waals surface area contributed by atoms with E-state index in [1.165, 1.54) is 12.1 Å². The molecule has 7 heteroatoms. The van der Waals surface area contributed by atoms with Crippen LogP contribution in [0.5, 0.6) is 17.2 Å². The van der Waals surface area contributed by atoms with Crippen molar-refractivity contribution in [2.24, 2.45) is 4.99 Å². The van der Waals surface area contributed by atoms with Gasteiger partial charge >= 0.3 is 6.18 Å². The number of halogens is 3. The number of anilines is 1. The number of rotatable bonds is 6. The number of benzene rings is 2. The fourth-order valence-electron chi connectivity index (χ4n) is 2.37. The highest BCUT2D eigenvalue weighted by Crippen LogP contribution is 2.30. The fraction of sp³-hybridized carbons (Fsp3) is 0.211. The van der Waals surface area contributed by atoms with E-state index in [4.69, 9.17) is 9.47 Å². The van der Waals surface area contributed by atoms with Crippen molar-refractivity contribution in [3.63, 3.8) is 0 Å². The maximum atomic E-state index is 12.3. The van der Waals surface area contributed by atoms with Crippen molar-refractivity contribution in [1.29, 1.82) is 0 Å². The first-order valence-electron chi connectivity index (χ1n) is 7.93. The van der Waals surface area contributed by atoms with Crippen molar-refractivity contribution < 1.29 is 22.6 Å². The Morgan fingerprint density at radius 3 is 2.62 bits per heavy atom. The van der Waals surface area contributed by atoms with E-state index in [9.17, 15) is 13.2 Å². The van der Waals surface area contributed by atoms with Gasteiger partial charge in [0.25, 0.3) is 0 Å². The van der Waals surface area contributed by atoms with Gasteiger partial charge in [0, 0.05) is 23.7 Å². The summed E-state index contributed by atoms with van der Waals surface area (Å²) < 4.78 is 47.3. The van der Waals surface area contributed by atoms with Crippen LogP contribution in [0, 0.1) is 6.92 Å². The Morgan fingerprint density at radius 1 is 1.12 bits per heavy atom. The zero-order valence-corrected chi connectivity index (χ0v) is 14.0. The van der Waals surface area contributed by atoms with Gasteiger partial charge in [-0.3, -0.25) is 4.99 Å². The van der Waals surface area contributed by atoms with Crippen LogP contribution in [0.1, 0.15) is 5.56 Å². The predicted molar refractivity (Wildman–Crippen MR) is 94.3 cm³/mol. The van der Waals surface area contributed by atoms with Crippen LogP contribution in [0.3, 0.4) is 0 Å². The molecule has 1 aliphatic heterocycles. The molecule has 0 saturated carbocycles. The van der Waals surface area contributed by atoms with E-state index in [0.717, 1.165) is 16.9 Å². The van der Waals surface area contributed by atoms with E-state index >= 15 is 0 Å². The maximum Gasteiger partial charge on any atom is 0.422 e. The topological polar surface area (TPSA) is 42.9 Å². The van der Waals surface area contributed by atoms with Crippen LogP contribution in [0.25, 0.3) is 0 Å². The van der Waals surface area contributed by atoms with Gasteiger partial charge in [-0.25, -0.2) is 0 Å². The van der Waals surface area contributed by atoms with Gasteiger partial charge in [-0.1, -0.05) is 6.07 Å². The summed E-state index contributed by atoms with van der Waals surface area (Å²) in [6.45, 7) is 1.18. The summed E-state index contributed by atoms with van der Waals surface area (Å²) in [5.41, 5.74) is 2.80. The van der Waals surface area contributed by atoms with Crippen LogP contribution in [-0.2, 0) is 0 Å². The lowest BCUT2D eigenvalue weighted by Crippen LogP contribution is -2.19. The molecule has 4 nitrogen and oxygen atoms in total. The van der Waals surface area contributed by atoms with E-state index in [2.05, 4.69) is 10.3 Å². The molecule has 1 N–H and O–H groups in total. The number of allylic oxidation sites excluding steroid dienone is 1. The predicted octanol–water partition coefficient (Wildman–Crippen LogP) is 5.11. The van der Waals surface area contributed by atoms with Gasteiger partial charge in [-0.05, 0) is 48.9 Å². The normalized spacial score (nSPS) is 13.5. The number of nitrogens with zero attached hydrogens (tertiary/aromatic N) is 1. The van der Waals surface area contributed by atoms with Crippen molar-refractivity contribution in [2.45, 2.75) is 13.1 Å². The Kier molecular flexibility index (Phi) is 5.16. The molecule has 0 radical (unpaired) electrons. The number of ether oxygens (including phenoxy) is 2. The molecular formula is C19H17F3N2O2. The van der Waals surface area contributed by atoms with Crippen molar-refractivity contribution in [2.75, 3.05) is 18.5 Å². The molecule has 0 saturated heterocycles. The van der Waals surface area contributed by atoms with E-state index in [-0.39, 0.29) is 5.75 Å². The number of nitrogens with one attached hydrogen (secondary N) is 1. The summed E-state index contributed by atoms with van der Waals surface area (Å²) in [4.78, 5) is 4.11. The van der Waals surface area contributed by atoms with Gasteiger partial charge < -0.3 is 14.8 Å². The molecular weight excluding hydrogens is 345 g/mol. The Labute approximate surface area is 149 Å². The highest BCUT2D eigenvalue weighted by Gasteiger charge is 2.28. The first-order valence-corrected chi connectivity index (χ1v) is 7.93. The molecule has 0 spiro atoms. The molecule has 0 bridgehead atoms. The van der Waals surface area contributed by atoms with Gasteiger partial charge in [-0.2, -0.15) is 13.2 Å². The summed E-state index contributed by atoms with van der Waals surface area (Å²) in [5, 5.41) is 3.27. The smallest absolute Gasteiger partial charge is 0.422 e. The minimum absolute atomic E-state index is 0.101. The number of aliphatic imine (C=N–C) groups is 1. The quantitative estimate of drug-likeness (QED) is 0.777. The van der Waals surface area contributed by atoms with Crippen molar-refractivity contribution >= 4 is 11.9 Å². The van der Waals surface area contributed by atoms with E-state index in [1.807, 2.05) is 25.1 Å². The van der Waals surface area contributed by atoms with Gasteiger partial charge in [0.1, 0.15) is 17.2 Å². The number of aryl methyl sites for hydroxylation is 1. The Hall–Kier alpha value is -2.96. The van der Waals surface area contributed by atoms with Gasteiger partial charge in [0.15, 0.2) is 6.61 Å². The molecule has 3 rings (SSSR count). The SMILES string of the molecule is Cc1cc(NC2=CC=NC2)ccc1Oc1cccc(OCC(F)(F)F)c1. The van der Waals surface area contributed by atoms with Gasteiger partial charge in [-0.15, -0.1) is 0 Å². The lowest BCUT2D eigenvalue weighted by molar-refractivity contribution is -0.153. The molecule has 0 atom stereocenters. The van der Waals surface area contributed by atoms with Crippen LogP contribution in [-0.4, -0.2) is 25.5 Å². The Balaban J connectivity index is 1.66. The average Bonchev–Trinajstić information content (AvgIpc) is 3.08. The number of hydrogen-bond acceptors (Lipinski definition) is 4. The molecule has 1 heterocycles. The zero-order valence-electron chi connectivity index (χ0n) is 14.0. The standard InChI is InChI=1S/C19H17F3N2O2/c1-13-9-14(24-15-7-8-23-11-15)5-6-18(13)26-17-4-2-3-16(10-17)25-12-19(20,21)22/h2-10,24H,11-12H2,1H3. The second kappa shape index (κ2) is 7.51. The summed E-state index contributed by atoms with van der Waals surface area (Å²) in [5.74, 6) is 1.12. The third-order valence-corrected chi connectivity index (χ3v) is 3.56. The zero-order chi connectivity index (χ0) is 18.6. The molecule has 2 aromatic carbocycles. The van der Waals surface area contributed by atoms with Gasteiger partial charge in [0.05, 0.1) is 6.54 Å². The van der Waals surface area contributed by atoms with Crippen molar-refractivity contribution in [3.05, 3.63) is 59.8 Å². The number of hydrogen-bond donors (Lipinski definition) is 1. The summed E-state index contributed by atoms with van der Waals surface area (Å²) in [6.07, 6.45) is -0.719. The molecule has 0 aliphatic carbocycles. The lowest BCUT2D eigenvalue weighted by atomic mass is 10.2. The minimum atomic E-state index is -4.38. The molecule has 0 unspecified atom stereocenters. The van der Waals surface area contributed by atoms with Crippen molar-refractivity contribution in [3.8, 4) is 17.2 Å². The molecule has 136 valence electrons. The largest absolute Gasteiger partial charge is 0.484 e. The average molecular weight is 362 g/mol. The molecule has 0 amide bonds. The third kappa shape index (κ3) is 5.02. The summed E-state index contributed by atoms with van der Waals surface area (Å²) >= 11 is 0. The van der Waals surface area contributed by atoms with Crippen LogP contribution < -0.4 is 14.8 Å². The van der Waals surface area contributed by atoms with E-state index in [1.54, 1.807) is 24.4 Å². The highest BCUT2D eigenvalue weighted by atomic mass is 19.4. The maximum absolute atomic E-state index is 12.3. The molecule has 0 aromatic heterocycles. The first kappa shape index (κ1) is 17.8.